The van der Waals surface area contributed by atoms with Gasteiger partial charge in [-0.2, -0.15) is 0 Å². The minimum Gasteiger partial charge on any atom is -0.354 e. The summed E-state index contributed by atoms with van der Waals surface area (Å²) >= 11 is 0. The van der Waals surface area contributed by atoms with Gasteiger partial charge in [0.1, 0.15) is 7.28 Å². The number of rotatable bonds is 15. The first-order valence-corrected chi connectivity index (χ1v) is 14.5. The Bertz CT molecular complexity index is 1170. The monoisotopic (exact) mass is 527 g/mol. The molecule has 3 rings (SSSR count). The van der Waals surface area contributed by atoms with Crippen LogP contribution in [0.5, 0.6) is 0 Å². The molecular weight excluding hydrogens is 481 g/mol. The Morgan fingerprint density at radius 3 is 2.46 bits per heavy atom. The first-order valence-electron chi connectivity index (χ1n) is 14.5. The highest BCUT2D eigenvalue weighted by Crippen LogP contribution is 2.24. The van der Waals surface area contributed by atoms with E-state index >= 15 is 0 Å². The minimum absolute atomic E-state index is 0.0378. The molecule has 1 amide bonds. The Labute approximate surface area is 236 Å². The number of aryl methyl sites for hydroxylation is 1. The van der Waals surface area contributed by atoms with Gasteiger partial charge < -0.3 is 15.1 Å². The molecule has 2 aromatic carbocycles. The third-order valence-corrected chi connectivity index (χ3v) is 7.53. The fourth-order valence-electron chi connectivity index (χ4n) is 4.80. The van der Waals surface area contributed by atoms with Crippen molar-refractivity contribution >= 4 is 24.8 Å². The molecule has 1 aromatic heterocycles. The number of aromatic nitrogens is 2. The molecule has 0 aliphatic carbocycles. The number of carbonyl (C=O) groups excluding carboxylic acids is 1. The van der Waals surface area contributed by atoms with Crippen LogP contribution < -0.4 is 10.2 Å². The van der Waals surface area contributed by atoms with E-state index in [0.717, 1.165) is 51.6 Å². The lowest BCUT2D eigenvalue weighted by atomic mass is 9.57. The summed E-state index contributed by atoms with van der Waals surface area (Å²) in [6.07, 6.45) is 5.79. The summed E-state index contributed by atoms with van der Waals surface area (Å²) in [5.74, 6) is 1.56. The standard InChI is InChI=1S/C32H46BN5O/c1-7-24(3)17-20-38(31(39)29-23-35-32(34-8-2)36-25(29)4)28-16-12-13-26(21-28)22-33-30(18-19-37(5)6)27-14-10-9-11-15-27/h9-16,21,23-24,30,33H,7-8,17-20,22H2,1-6H3,(H,34,35,36). The molecule has 208 valence electrons. The average Bonchev–Trinajstić information content (AvgIpc) is 2.93. The molecule has 0 fully saturated rings. The Kier molecular flexibility index (Phi) is 12.0. The van der Waals surface area contributed by atoms with Crippen LogP contribution in [0.4, 0.5) is 11.6 Å². The van der Waals surface area contributed by atoms with Crippen LogP contribution in [0.3, 0.4) is 0 Å². The van der Waals surface area contributed by atoms with Gasteiger partial charge in [-0.3, -0.25) is 4.79 Å². The topological polar surface area (TPSA) is 61.4 Å². The van der Waals surface area contributed by atoms with Gasteiger partial charge in [0.2, 0.25) is 5.95 Å². The Morgan fingerprint density at radius 2 is 1.79 bits per heavy atom. The van der Waals surface area contributed by atoms with Gasteiger partial charge in [0.05, 0.1) is 11.3 Å². The number of benzene rings is 2. The third-order valence-electron chi connectivity index (χ3n) is 7.53. The molecule has 1 N–H and O–H groups in total. The number of nitrogens with one attached hydrogen (secondary N) is 1. The Morgan fingerprint density at radius 1 is 1.03 bits per heavy atom. The summed E-state index contributed by atoms with van der Waals surface area (Å²) in [6.45, 7) is 10.8. The molecule has 0 aliphatic heterocycles. The van der Waals surface area contributed by atoms with Crippen molar-refractivity contribution < 1.29 is 4.79 Å². The first kappa shape index (κ1) is 30.4. The highest BCUT2D eigenvalue weighted by Gasteiger charge is 2.22. The molecular formula is C32H46BN5O. The molecule has 0 radical (unpaired) electrons. The zero-order valence-electron chi connectivity index (χ0n) is 24.8. The van der Waals surface area contributed by atoms with Gasteiger partial charge >= 0.3 is 0 Å². The lowest BCUT2D eigenvalue weighted by Gasteiger charge is -2.25. The zero-order chi connectivity index (χ0) is 28.2. The maximum absolute atomic E-state index is 13.9. The maximum atomic E-state index is 13.9. The number of amides is 1. The lowest BCUT2D eigenvalue weighted by molar-refractivity contribution is 0.0984. The molecule has 2 unspecified atom stereocenters. The molecule has 0 saturated heterocycles. The summed E-state index contributed by atoms with van der Waals surface area (Å²) in [5, 5.41) is 3.13. The molecule has 1 heterocycles. The minimum atomic E-state index is -0.0378. The van der Waals surface area contributed by atoms with Crippen LogP contribution in [-0.4, -0.2) is 61.8 Å². The summed E-state index contributed by atoms with van der Waals surface area (Å²) < 4.78 is 0. The Balaban J connectivity index is 1.83. The zero-order valence-corrected chi connectivity index (χ0v) is 24.8. The predicted molar refractivity (Wildman–Crippen MR) is 166 cm³/mol. The maximum Gasteiger partial charge on any atom is 0.261 e. The molecule has 2 atom stereocenters. The SMILES string of the molecule is CCNc1ncc(C(=O)N(CCC(C)CC)c2cccc(CBC(CCN(C)C)c3ccccc3)c2)c(C)n1. The van der Waals surface area contributed by atoms with E-state index in [-0.39, 0.29) is 5.91 Å². The van der Waals surface area contributed by atoms with E-state index in [1.807, 2.05) is 18.7 Å². The van der Waals surface area contributed by atoms with Crippen LogP contribution in [-0.2, 0) is 6.32 Å². The molecule has 0 aliphatic rings. The molecule has 0 spiro atoms. The molecule has 0 saturated carbocycles. The van der Waals surface area contributed by atoms with Crippen molar-refractivity contribution in [3.05, 3.63) is 83.2 Å². The van der Waals surface area contributed by atoms with Gasteiger partial charge in [0.15, 0.2) is 0 Å². The molecule has 7 heteroatoms. The van der Waals surface area contributed by atoms with Crippen molar-refractivity contribution in [2.24, 2.45) is 5.92 Å². The van der Waals surface area contributed by atoms with Crippen molar-refractivity contribution in [3.8, 4) is 0 Å². The third kappa shape index (κ3) is 9.21. The van der Waals surface area contributed by atoms with Crippen molar-refractivity contribution in [3.63, 3.8) is 0 Å². The van der Waals surface area contributed by atoms with Crippen molar-refractivity contribution in [2.75, 3.05) is 43.9 Å². The predicted octanol–water partition coefficient (Wildman–Crippen LogP) is 5.93. The van der Waals surface area contributed by atoms with E-state index in [4.69, 9.17) is 0 Å². The number of nitrogens with zero attached hydrogens (tertiary/aromatic N) is 4. The van der Waals surface area contributed by atoms with E-state index in [9.17, 15) is 4.79 Å². The highest BCUT2D eigenvalue weighted by molar-refractivity contribution is 6.37. The number of hydrogen-bond donors (Lipinski definition) is 1. The smallest absolute Gasteiger partial charge is 0.261 e. The molecule has 6 nitrogen and oxygen atoms in total. The average molecular weight is 528 g/mol. The quantitative estimate of drug-likeness (QED) is 0.248. The largest absolute Gasteiger partial charge is 0.354 e. The second-order valence-electron chi connectivity index (χ2n) is 10.9. The fourth-order valence-corrected chi connectivity index (χ4v) is 4.80. The van der Waals surface area contributed by atoms with E-state index < -0.39 is 0 Å². The lowest BCUT2D eigenvalue weighted by Crippen LogP contribution is -2.33. The number of carbonyl (C=O) groups is 1. The molecule has 39 heavy (non-hydrogen) atoms. The fraction of sp³-hybridized carbons (Fsp3) is 0.469. The summed E-state index contributed by atoms with van der Waals surface area (Å²) in [6, 6.07) is 19.4. The van der Waals surface area contributed by atoms with Gasteiger partial charge in [-0.25, -0.2) is 9.97 Å². The highest BCUT2D eigenvalue weighted by atomic mass is 16.2. The van der Waals surface area contributed by atoms with Gasteiger partial charge in [-0.1, -0.05) is 80.2 Å². The van der Waals surface area contributed by atoms with Crippen LogP contribution in [0.25, 0.3) is 0 Å². The Hall–Kier alpha value is -3.19. The first-order chi connectivity index (χ1) is 18.8. The van der Waals surface area contributed by atoms with Crippen LogP contribution >= 0.6 is 0 Å². The number of anilines is 2. The van der Waals surface area contributed by atoms with E-state index in [2.05, 4.69) is 103 Å². The van der Waals surface area contributed by atoms with Gasteiger partial charge in [-0.05, 0) is 71.2 Å². The second-order valence-corrected chi connectivity index (χ2v) is 10.9. The van der Waals surface area contributed by atoms with Crippen LogP contribution in [0.1, 0.15) is 73.0 Å². The summed E-state index contributed by atoms with van der Waals surface area (Å²) in [4.78, 5) is 27.0. The van der Waals surface area contributed by atoms with E-state index in [1.165, 1.54) is 11.1 Å². The van der Waals surface area contributed by atoms with Crippen LogP contribution in [0, 0.1) is 12.8 Å². The second kappa shape index (κ2) is 15.4. The van der Waals surface area contributed by atoms with E-state index in [0.29, 0.717) is 35.5 Å². The van der Waals surface area contributed by atoms with Crippen LogP contribution in [0.15, 0.2) is 60.8 Å². The summed E-state index contributed by atoms with van der Waals surface area (Å²) in [5.41, 5.74) is 4.86. The molecule has 3 aromatic rings. The van der Waals surface area contributed by atoms with Crippen molar-refractivity contribution in [1.82, 2.24) is 14.9 Å². The van der Waals surface area contributed by atoms with Gasteiger partial charge in [0, 0.05) is 25.0 Å². The van der Waals surface area contributed by atoms with Crippen molar-refractivity contribution in [1.29, 1.82) is 0 Å². The normalized spacial score (nSPS) is 12.7. The molecule has 0 bridgehead atoms. The van der Waals surface area contributed by atoms with Crippen molar-refractivity contribution in [2.45, 2.75) is 59.1 Å². The van der Waals surface area contributed by atoms with Gasteiger partial charge in [0.25, 0.3) is 5.91 Å². The van der Waals surface area contributed by atoms with Gasteiger partial charge in [-0.15, -0.1) is 0 Å². The number of hydrogen-bond acceptors (Lipinski definition) is 5. The van der Waals surface area contributed by atoms with Crippen LogP contribution in [0.2, 0.25) is 0 Å². The summed E-state index contributed by atoms with van der Waals surface area (Å²) in [7, 11) is 5.34. The van der Waals surface area contributed by atoms with E-state index in [1.54, 1.807) is 6.20 Å².